The second-order valence-electron chi connectivity index (χ2n) is 4.03. The molecule has 1 saturated heterocycles. The first-order valence-electron chi connectivity index (χ1n) is 4.96. The van der Waals surface area contributed by atoms with Crippen molar-refractivity contribution in [3.8, 4) is 0 Å². The largest absolute Gasteiger partial charge is 0.359 e. The van der Waals surface area contributed by atoms with E-state index in [1.165, 1.54) is 0 Å². The lowest BCUT2D eigenvalue weighted by Crippen LogP contribution is -2.35. The van der Waals surface area contributed by atoms with E-state index in [-0.39, 0.29) is 17.4 Å². The Morgan fingerprint density at radius 3 is 2.50 bits per heavy atom. The molecule has 0 amide bonds. The molecule has 0 aromatic heterocycles. The van der Waals surface area contributed by atoms with Crippen LogP contribution in [0.3, 0.4) is 0 Å². The molecule has 0 radical (unpaired) electrons. The summed E-state index contributed by atoms with van der Waals surface area (Å²) in [6.45, 7) is 5.11. The van der Waals surface area contributed by atoms with Gasteiger partial charge in [-0.3, -0.25) is 5.41 Å². The van der Waals surface area contributed by atoms with Crippen LogP contribution in [0.1, 0.15) is 20.3 Å². The molecule has 1 aliphatic heterocycles. The van der Waals surface area contributed by atoms with Crippen molar-refractivity contribution in [3.05, 3.63) is 0 Å². The van der Waals surface area contributed by atoms with Crippen molar-refractivity contribution in [2.45, 2.75) is 20.3 Å². The fourth-order valence-corrected chi connectivity index (χ4v) is 2.82. The van der Waals surface area contributed by atoms with Gasteiger partial charge >= 0.3 is 0 Å². The van der Waals surface area contributed by atoms with Crippen molar-refractivity contribution in [1.29, 1.82) is 5.41 Å². The predicted molar refractivity (Wildman–Crippen MR) is 57.4 cm³/mol. The van der Waals surface area contributed by atoms with E-state index in [1.807, 2.05) is 18.7 Å². The summed E-state index contributed by atoms with van der Waals surface area (Å²) in [6, 6.07) is 0. The molecule has 0 saturated carbocycles. The van der Waals surface area contributed by atoms with Gasteiger partial charge in [0, 0.05) is 19.0 Å². The van der Waals surface area contributed by atoms with Crippen LogP contribution in [0.2, 0.25) is 0 Å². The first kappa shape index (κ1) is 11.5. The number of rotatable bonds is 1. The van der Waals surface area contributed by atoms with Gasteiger partial charge in [0.25, 0.3) is 0 Å². The highest BCUT2D eigenvalue weighted by Gasteiger charge is 2.21. The summed E-state index contributed by atoms with van der Waals surface area (Å²) in [5, 5.41) is 7.80. The Morgan fingerprint density at radius 2 is 1.93 bits per heavy atom. The maximum absolute atomic E-state index is 11.3. The molecule has 14 heavy (non-hydrogen) atoms. The van der Waals surface area contributed by atoms with Gasteiger partial charge < -0.3 is 4.90 Å². The Hall–Kier alpha value is -0.580. The standard InChI is InChI=1S/C9H18N2O2S/c1-8(2)9(10)11-4-3-6-14(12,13)7-5-11/h8,10H,3-7H2,1-2H3. The van der Waals surface area contributed by atoms with E-state index in [0.29, 0.717) is 25.3 Å². The van der Waals surface area contributed by atoms with Crippen LogP contribution in [0.15, 0.2) is 0 Å². The van der Waals surface area contributed by atoms with Gasteiger partial charge in [-0.15, -0.1) is 0 Å². The van der Waals surface area contributed by atoms with Gasteiger partial charge in [-0.25, -0.2) is 8.42 Å². The third-order valence-corrected chi connectivity index (χ3v) is 4.16. The van der Waals surface area contributed by atoms with E-state index in [2.05, 4.69) is 0 Å². The lowest BCUT2D eigenvalue weighted by atomic mass is 10.2. The van der Waals surface area contributed by atoms with Crippen LogP contribution in [0, 0.1) is 11.3 Å². The fourth-order valence-electron chi connectivity index (χ4n) is 1.54. The zero-order chi connectivity index (χ0) is 10.8. The fraction of sp³-hybridized carbons (Fsp3) is 0.889. The average molecular weight is 218 g/mol. The molecule has 1 aliphatic rings. The van der Waals surface area contributed by atoms with Crippen LogP contribution < -0.4 is 0 Å². The van der Waals surface area contributed by atoms with Gasteiger partial charge in [-0.05, 0) is 6.42 Å². The molecule has 1 fully saturated rings. The van der Waals surface area contributed by atoms with Crippen LogP contribution in [-0.2, 0) is 9.84 Å². The second kappa shape index (κ2) is 4.29. The van der Waals surface area contributed by atoms with E-state index < -0.39 is 9.84 Å². The molecule has 82 valence electrons. The summed E-state index contributed by atoms with van der Waals surface area (Å²) >= 11 is 0. The minimum atomic E-state index is -2.85. The molecule has 0 spiro atoms. The topological polar surface area (TPSA) is 61.2 Å². The van der Waals surface area contributed by atoms with Crippen molar-refractivity contribution in [2.24, 2.45) is 5.92 Å². The second-order valence-corrected chi connectivity index (χ2v) is 6.34. The summed E-state index contributed by atoms with van der Waals surface area (Å²) < 4.78 is 22.6. The number of hydrogen-bond acceptors (Lipinski definition) is 3. The summed E-state index contributed by atoms with van der Waals surface area (Å²) in [4.78, 5) is 1.88. The van der Waals surface area contributed by atoms with E-state index in [0.717, 1.165) is 0 Å². The first-order valence-corrected chi connectivity index (χ1v) is 6.78. The molecule has 0 aromatic carbocycles. The minimum Gasteiger partial charge on any atom is -0.359 e. The molecular weight excluding hydrogens is 200 g/mol. The van der Waals surface area contributed by atoms with Crippen molar-refractivity contribution in [3.63, 3.8) is 0 Å². The third kappa shape index (κ3) is 2.97. The van der Waals surface area contributed by atoms with Gasteiger partial charge in [0.1, 0.15) is 0 Å². The van der Waals surface area contributed by atoms with Crippen LogP contribution in [0.5, 0.6) is 0 Å². The molecular formula is C9H18N2O2S. The van der Waals surface area contributed by atoms with Gasteiger partial charge in [0.2, 0.25) is 0 Å². The molecule has 5 heteroatoms. The average Bonchev–Trinajstić information content (AvgIpc) is 2.25. The maximum atomic E-state index is 11.3. The molecule has 0 bridgehead atoms. The SMILES string of the molecule is CC(C)C(=N)N1CCCS(=O)(=O)CC1. The quantitative estimate of drug-likeness (QED) is 0.521. The molecule has 0 atom stereocenters. The molecule has 4 nitrogen and oxygen atoms in total. The van der Waals surface area contributed by atoms with Gasteiger partial charge in [-0.1, -0.05) is 13.8 Å². The molecule has 0 unspecified atom stereocenters. The zero-order valence-electron chi connectivity index (χ0n) is 8.78. The summed E-state index contributed by atoms with van der Waals surface area (Å²) in [6.07, 6.45) is 0.650. The van der Waals surface area contributed by atoms with Crippen molar-refractivity contribution in [2.75, 3.05) is 24.6 Å². The highest BCUT2D eigenvalue weighted by molar-refractivity contribution is 7.91. The molecule has 0 aromatic rings. The molecule has 1 rings (SSSR count). The van der Waals surface area contributed by atoms with Gasteiger partial charge in [-0.2, -0.15) is 0 Å². The highest BCUT2D eigenvalue weighted by Crippen LogP contribution is 2.08. The lowest BCUT2D eigenvalue weighted by molar-refractivity contribution is 0.424. The lowest BCUT2D eigenvalue weighted by Gasteiger charge is -2.24. The van der Waals surface area contributed by atoms with E-state index in [4.69, 9.17) is 5.41 Å². The Morgan fingerprint density at radius 1 is 1.29 bits per heavy atom. The number of nitrogens with one attached hydrogen (secondary N) is 1. The first-order chi connectivity index (χ1) is 6.42. The molecule has 1 N–H and O–H groups in total. The number of nitrogens with zero attached hydrogens (tertiary/aromatic N) is 1. The predicted octanol–water partition coefficient (Wildman–Crippen LogP) is 0.740. The zero-order valence-corrected chi connectivity index (χ0v) is 9.60. The third-order valence-electron chi connectivity index (χ3n) is 2.44. The van der Waals surface area contributed by atoms with E-state index >= 15 is 0 Å². The Balaban J connectivity index is 2.63. The normalized spacial score (nSPS) is 22.1. The van der Waals surface area contributed by atoms with E-state index in [9.17, 15) is 8.42 Å². The Labute approximate surface area is 85.7 Å². The summed E-state index contributed by atoms with van der Waals surface area (Å²) in [5.74, 6) is 1.20. The van der Waals surface area contributed by atoms with Crippen LogP contribution in [-0.4, -0.2) is 43.7 Å². The summed E-state index contributed by atoms with van der Waals surface area (Å²) in [7, 11) is -2.85. The van der Waals surface area contributed by atoms with Crippen molar-refractivity contribution < 1.29 is 8.42 Å². The highest BCUT2D eigenvalue weighted by atomic mass is 32.2. The van der Waals surface area contributed by atoms with Crippen LogP contribution in [0.4, 0.5) is 0 Å². The minimum absolute atomic E-state index is 0.177. The summed E-state index contributed by atoms with van der Waals surface area (Å²) in [5.41, 5.74) is 0. The van der Waals surface area contributed by atoms with Crippen molar-refractivity contribution >= 4 is 15.7 Å². The van der Waals surface area contributed by atoms with Crippen molar-refractivity contribution in [1.82, 2.24) is 4.90 Å². The number of amidine groups is 1. The number of sulfone groups is 1. The van der Waals surface area contributed by atoms with E-state index in [1.54, 1.807) is 0 Å². The van der Waals surface area contributed by atoms with Crippen LogP contribution in [0.25, 0.3) is 0 Å². The monoisotopic (exact) mass is 218 g/mol. The van der Waals surface area contributed by atoms with Gasteiger partial charge in [0.15, 0.2) is 9.84 Å². The molecule has 1 heterocycles. The molecule has 0 aliphatic carbocycles. The Kier molecular flexibility index (Phi) is 3.53. The Bertz CT molecular complexity index is 309. The number of hydrogen-bond donors (Lipinski definition) is 1. The van der Waals surface area contributed by atoms with Gasteiger partial charge in [0.05, 0.1) is 17.3 Å². The van der Waals surface area contributed by atoms with Crippen LogP contribution >= 0.6 is 0 Å². The maximum Gasteiger partial charge on any atom is 0.152 e. The smallest absolute Gasteiger partial charge is 0.152 e.